The van der Waals surface area contributed by atoms with Gasteiger partial charge in [-0.3, -0.25) is 4.90 Å². The highest BCUT2D eigenvalue weighted by Gasteiger charge is 2.27. The van der Waals surface area contributed by atoms with Crippen molar-refractivity contribution in [2.24, 2.45) is 7.05 Å². The average Bonchev–Trinajstić information content (AvgIpc) is 3.08. The number of piperazine rings is 1. The lowest BCUT2D eigenvalue weighted by Gasteiger charge is -2.35. The fourth-order valence-electron chi connectivity index (χ4n) is 2.65. The van der Waals surface area contributed by atoms with Crippen molar-refractivity contribution in [1.29, 1.82) is 0 Å². The van der Waals surface area contributed by atoms with Gasteiger partial charge in [-0.25, -0.2) is 9.97 Å². The molecule has 0 amide bonds. The Bertz CT molecular complexity index is 561. The highest BCUT2D eigenvalue weighted by Crippen LogP contribution is 2.24. The predicted molar refractivity (Wildman–Crippen MR) is 80.7 cm³/mol. The summed E-state index contributed by atoms with van der Waals surface area (Å²) in [5, 5.41) is 4.68. The van der Waals surface area contributed by atoms with E-state index in [1.165, 1.54) is 9.88 Å². The topological polar surface area (TPSA) is 46.0 Å². The molecule has 6 heteroatoms. The van der Waals surface area contributed by atoms with Gasteiger partial charge >= 0.3 is 0 Å². The van der Waals surface area contributed by atoms with Crippen LogP contribution in [0.4, 0.5) is 0 Å². The standard InChI is InChI=1S/C14H21N5S/c1-3-11-8-17-13(20-11)10-19-7-4-15-9-12(19)14-16-5-6-18(14)2/h5-6,8,12,15H,3-4,7,9-10H2,1-2H3. The molecule has 1 saturated heterocycles. The van der Waals surface area contributed by atoms with Gasteiger partial charge in [0.15, 0.2) is 0 Å². The van der Waals surface area contributed by atoms with E-state index in [0.29, 0.717) is 6.04 Å². The summed E-state index contributed by atoms with van der Waals surface area (Å²) in [6.45, 7) is 6.13. The van der Waals surface area contributed by atoms with Crippen molar-refractivity contribution in [2.45, 2.75) is 25.9 Å². The first kappa shape index (κ1) is 13.7. The van der Waals surface area contributed by atoms with E-state index >= 15 is 0 Å². The molecule has 0 bridgehead atoms. The van der Waals surface area contributed by atoms with Crippen LogP contribution >= 0.6 is 11.3 Å². The van der Waals surface area contributed by atoms with E-state index in [1.54, 1.807) is 0 Å². The van der Waals surface area contributed by atoms with E-state index < -0.39 is 0 Å². The Morgan fingerprint density at radius 3 is 3.05 bits per heavy atom. The third-order valence-corrected chi connectivity index (χ3v) is 4.93. The SMILES string of the molecule is CCc1cnc(CN2CCNCC2c2nccn2C)s1. The number of aryl methyl sites for hydroxylation is 2. The fraction of sp³-hybridized carbons (Fsp3) is 0.571. The summed E-state index contributed by atoms with van der Waals surface area (Å²) in [6.07, 6.45) is 6.97. The summed E-state index contributed by atoms with van der Waals surface area (Å²) < 4.78 is 2.12. The molecule has 3 rings (SSSR count). The zero-order chi connectivity index (χ0) is 13.9. The van der Waals surface area contributed by atoms with Crippen LogP contribution in [0.1, 0.15) is 28.7 Å². The number of hydrogen-bond donors (Lipinski definition) is 1. The van der Waals surface area contributed by atoms with Gasteiger partial charge in [-0.15, -0.1) is 11.3 Å². The molecular formula is C14H21N5S. The number of imidazole rings is 1. The quantitative estimate of drug-likeness (QED) is 0.929. The lowest BCUT2D eigenvalue weighted by molar-refractivity contribution is 0.144. The minimum absolute atomic E-state index is 0.331. The summed E-state index contributed by atoms with van der Waals surface area (Å²) in [7, 11) is 2.06. The highest BCUT2D eigenvalue weighted by atomic mass is 32.1. The fourth-order valence-corrected chi connectivity index (χ4v) is 3.53. The molecule has 0 aliphatic carbocycles. The Morgan fingerprint density at radius 2 is 2.35 bits per heavy atom. The number of rotatable bonds is 4. The average molecular weight is 291 g/mol. The third kappa shape index (κ3) is 2.77. The van der Waals surface area contributed by atoms with Crippen LogP contribution in [-0.2, 0) is 20.0 Å². The van der Waals surface area contributed by atoms with Gasteiger partial charge in [0.1, 0.15) is 10.8 Å². The summed E-state index contributed by atoms with van der Waals surface area (Å²) in [5.74, 6) is 1.13. The van der Waals surface area contributed by atoms with Crippen molar-refractivity contribution in [3.05, 3.63) is 34.3 Å². The van der Waals surface area contributed by atoms with Gasteiger partial charge in [0.25, 0.3) is 0 Å². The van der Waals surface area contributed by atoms with Gasteiger partial charge in [0.2, 0.25) is 0 Å². The molecule has 0 spiro atoms. The molecule has 2 aromatic rings. The number of hydrogen-bond acceptors (Lipinski definition) is 5. The minimum Gasteiger partial charge on any atom is -0.337 e. The second-order valence-electron chi connectivity index (χ2n) is 5.16. The highest BCUT2D eigenvalue weighted by molar-refractivity contribution is 7.11. The predicted octanol–water partition coefficient (Wildman–Crippen LogP) is 1.59. The molecule has 108 valence electrons. The first-order valence-electron chi connectivity index (χ1n) is 7.13. The van der Waals surface area contributed by atoms with Crippen molar-refractivity contribution >= 4 is 11.3 Å². The molecule has 5 nitrogen and oxygen atoms in total. The van der Waals surface area contributed by atoms with Gasteiger partial charge in [-0.05, 0) is 6.42 Å². The Morgan fingerprint density at radius 1 is 1.45 bits per heavy atom. The first-order valence-corrected chi connectivity index (χ1v) is 7.95. The van der Waals surface area contributed by atoms with Gasteiger partial charge in [0, 0.05) is 50.1 Å². The van der Waals surface area contributed by atoms with Gasteiger partial charge in [0.05, 0.1) is 12.6 Å². The van der Waals surface area contributed by atoms with E-state index in [9.17, 15) is 0 Å². The number of thiazole rings is 1. The van der Waals surface area contributed by atoms with Crippen molar-refractivity contribution in [1.82, 2.24) is 24.8 Å². The maximum absolute atomic E-state index is 4.55. The minimum atomic E-state index is 0.331. The molecule has 2 aromatic heterocycles. The summed E-state index contributed by atoms with van der Waals surface area (Å²) in [6, 6.07) is 0.331. The lowest BCUT2D eigenvalue weighted by Crippen LogP contribution is -2.46. The van der Waals surface area contributed by atoms with Crippen LogP contribution in [0, 0.1) is 0 Å². The van der Waals surface area contributed by atoms with Crippen LogP contribution in [0.3, 0.4) is 0 Å². The maximum Gasteiger partial charge on any atom is 0.127 e. The smallest absolute Gasteiger partial charge is 0.127 e. The number of aromatic nitrogens is 3. The largest absolute Gasteiger partial charge is 0.337 e. The van der Waals surface area contributed by atoms with E-state index in [0.717, 1.165) is 38.4 Å². The van der Waals surface area contributed by atoms with Gasteiger partial charge in [-0.1, -0.05) is 6.92 Å². The Hall–Kier alpha value is -1.24. The van der Waals surface area contributed by atoms with Crippen LogP contribution < -0.4 is 5.32 Å². The zero-order valence-corrected chi connectivity index (χ0v) is 12.9. The summed E-state index contributed by atoms with van der Waals surface area (Å²) in [4.78, 5) is 12.9. The lowest BCUT2D eigenvalue weighted by atomic mass is 10.2. The summed E-state index contributed by atoms with van der Waals surface area (Å²) in [5.41, 5.74) is 0. The normalized spacial score (nSPS) is 20.4. The molecule has 0 saturated carbocycles. The van der Waals surface area contributed by atoms with E-state index in [-0.39, 0.29) is 0 Å². The first-order chi connectivity index (χ1) is 9.78. The van der Waals surface area contributed by atoms with Crippen molar-refractivity contribution in [2.75, 3.05) is 19.6 Å². The Labute approximate surface area is 123 Å². The van der Waals surface area contributed by atoms with Crippen LogP contribution in [0.25, 0.3) is 0 Å². The van der Waals surface area contributed by atoms with Crippen LogP contribution in [0.2, 0.25) is 0 Å². The zero-order valence-electron chi connectivity index (χ0n) is 12.0. The molecule has 1 aliphatic rings. The van der Waals surface area contributed by atoms with E-state index in [1.807, 2.05) is 29.9 Å². The van der Waals surface area contributed by atoms with Crippen LogP contribution in [-0.4, -0.2) is 39.1 Å². The summed E-state index contributed by atoms with van der Waals surface area (Å²) >= 11 is 1.83. The number of nitrogens with one attached hydrogen (secondary N) is 1. The molecule has 1 aliphatic heterocycles. The van der Waals surface area contributed by atoms with E-state index in [2.05, 4.69) is 38.7 Å². The molecule has 1 unspecified atom stereocenters. The molecule has 0 radical (unpaired) electrons. The van der Waals surface area contributed by atoms with Gasteiger partial charge < -0.3 is 9.88 Å². The Kier molecular flexibility index (Phi) is 4.14. The van der Waals surface area contributed by atoms with Crippen LogP contribution in [0.15, 0.2) is 18.6 Å². The maximum atomic E-state index is 4.55. The molecule has 1 N–H and O–H groups in total. The monoisotopic (exact) mass is 291 g/mol. The van der Waals surface area contributed by atoms with Crippen molar-refractivity contribution in [3.63, 3.8) is 0 Å². The van der Waals surface area contributed by atoms with Crippen molar-refractivity contribution < 1.29 is 0 Å². The molecule has 0 aromatic carbocycles. The molecule has 3 heterocycles. The molecule has 1 fully saturated rings. The molecule has 20 heavy (non-hydrogen) atoms. The van der Waals surface area contributed by atoms with Crippen molar-refractivity contribution in [3.8, 4) is 0 Å². The Balaban J connectivity index is 1.77. The van der Waals surface area contributed by atoms with Gasteiger partial charge in [-0.2, -0.15) is 0 Å². The second kappa shape index (κ2) is 6.03. The third-order valence-electron chi connectivity index (χ3n) is 3.80. The number of nitrogens with zero attached hydrogens (tertiary/aromatic N) is 4. The van der Waals surface area contributed by atoms with E-state index in [4.69, 9.17) is 0 Å². The van der Waals surface area contributed by atoms with Crippen LogP contribution in [0.5, 0.6) is 0 Å². The molecule has 1 atom stereocenters. The molecular weight excluding hydrogens is 270 g/mol. The second-order valence-corrected chi connectivity index (χ2v) is 6.36.